The van der Waals surface area contributed by atoms with Crippen LogP contribution in [0, 0.1) is 0 Å². The Hall–Kier alpha value is -0.840. The van der Waals surface area contributed by atoms with Crippen molar-refractivity contribution in [2.24, 2.45) is 5.73 Å². The van der Waals surface area contributed by atoms with Gasteiger partial charge in [-0.15, -0.1) is 0 Å². The molecule has 0 aromatic rings. The summed E-state index contributed by atoms with van der Waals surface area (Å²) in [5.74, 6) is 0. The molecule has 5 heteroatoms. The van der Waals surface area contributed by atoms with E-state index in [1.807, 2.05) is 0 Å². The maximum atomic E-state index is 12.5. The van der Waals surface area contributed by atoms with E-state index in [1.54, 1.807) is 0 Å². The molecule has 10 heavy (non-hydrogen) atoms. The lowest BCUT2D eigenvalue weighted by Gasteiger charge is -2.08. The van der Waals surface area contributed by atoms with Crippen LogP contribution in [-0.4, -0.2) is 41.4 Å². The number of alkyl halides is 1. The summed E-state index contributed by atoms with van der Waals surface area (Å²) in [7, 11) is 0. The Balaban J connectivity index is 2.49. The van der Waals surface area contributed by atoms with Crippen molar-refractivity contribution in [3.8, 4) is 0 Å². The van der Waals surface area contributed by atoms with Crippen LogP contribution in [0.1, 0.15) is 0 Å². The van der Waals surface area contributed by atoms with E-state index in [9.17, 15) is 9.18 Å². The molecule has 2 atom stereocenters. The molecule has 1 aliphatic heterocycles. The van der Waals surface area contributed by atoms with Crippen LogP contribution in [0.5, 0.6) is 0 Å². The number of nitrogens with two attached hydrogens (primary N) is 1. The van der Waals surface area contributed by atoms with Crippen molar-refractivity contribution in [2.45, 2.75) is 12.2 Å². The zero-order valence-electron chi connectivity index (χ0n) is 5.33. The number of carbonyl (C=O) groups is 1. The van der Waals surface area contributed by atoms with Crippen LogP contribution in [0.4, 0.5) is 9.18 Å². The topological polar surface area (TPSA) is 66.6 Å². The highest BCUT2D eigenvalue weighted by Crippen LogP contribution is 2.10. The number of carboxylic acid groups (broad SMARTS) is 1. The van der Waals surface area contributed by atoms with E-state index in [1.165, 1.54) is 0 Å². The zero-order valence-corrected chi connectivity index (χ0v) is 5.33. The molecule has 0 radical (unpaired) electrons. The molecule has 1 fully saturated rings. The maximum absolute atomic E-state index is 12.5. The van der Waals surface area contributed by atoms with Crippen molar-refractivity contribution >= 4 is 6.09 Å². The molecule has 3 N–H and O–H groups in total. The molecule has 0 unspecified atom stereocenters. The SMILES string of the molecule is N[C@H]1CN(C(=O)O)C[C@H]1F. The van der Waals surface area contributed by atoms with E-state index >= 15 is 0 Å². The van der Waals surface area contributed by atoms with Gasteiger partial charge < -0.3 is 15.7 Å². The first kappa shape index (κ1) is 7.27. The van der Waals surface area contributed by atoms with Crippen LogP contribution >= 0.6 is 0 Å². The van der Waals surface area contributed by atoms with Crippen molar-refractivity contribution in [3.05, 3.63) is 0 Å². The monoisotopic (exact) mass is 148 g/mol. The molecule has 0 aliphatic carbocycles. The molecule has 58 valence electrons. The van der Waals surface area contributed by atoms with E-state index in [0.717, 1.165) is 4.90 Å². The predicted octanol–water partition coefficient (Wildman–Crippen LogP) is -0.355. The number of halogens is 1. The van der Waals surface area contributed by atoms with Crippen LogP contribution in [0.2, 0.25) is 0 Å². The van der Waals surface area contributed by atoms with Gasteiger partial charge >= 0.3 is 6.09 Å². The fourth-order valence-electron chi connectivity index (χ4n) is 0.946. The minimum Gasteiger partial charge on any atom is -0.465 e. The highest BCUT2D eigenvalue weighted by Gasteiger charge is 2.32. The van der Waals surface area contributed by atoms with E-state index < -0.39 is 18.3 Å². The molecule has 4 nitrogen and oxygen atoms in total. The van der Waals surface area contributed by atoms with Crippen molar-refractivity contribution in [1.29, 1.82) is 0 Å². The van der Waals surface area contributed by atoms with Crippen LogP contribution in [-0.2, 0) is 0 Å². The van der Waals surface area contributed by atoms with Crippen molar-refractivity contribution in [1.82, 2.24) is 4.90 Å². The molecular formula is C5H9FN2O2. The second-order valence-electron chi connectivity index (χ2n) is 2.37. The van der Waals surface area contributed by atoms with Crippen molar-refractivity contribution in [2.75, 3.05) is 13.1 Å². The Bertz CT molecular complexity index is 143. The third-order valence-electron chi connectivity index (χ3n) is 1.56. The average molecular weight is 148 g/mol. The van der Waals surface area contributed by atoms with Gasteiger partial charge in [-0.2, -0.15) is 0 Å². The van der Waals surface area contributed by atoms with Gasteiger partial charge in [-0.1, -0.05) is 0 Å². The second kappa shape index (κ2) is 2.42. The Kier molecular flexibility index (Phi) is 1.76. The quantitative estimate of drug-likeness (QED) is 0.493. The summed E-state index contributed by atoms with van der Waals surface area (Å²) in [6.07, 6.45) is -2.30. The average Bonchev–Trinajstić information content (AvgIpc) is 2.13. The normalized spacial score (nSPS) is 32.8. The molecule has 0 aromatic heterocycles. The molecule has 1 saturated heterocycles. The maximum Gasteiger partial charge on any atom is 0.407 e. The first-order valence-corrected chi connectivity index (χ1v) is 2.99. The molecule has 1 rings (SSSR count). The van der Waals surface area contributed by atoms with Gasteiger partial charge in [-0.05, 0) is 0 Å². The summed E-state index contributed by atoms with van der Waals surface area (Å²) in [6.45, 7) is 0.0208. The van der Waals surface area contributed by atoms with Gasteiger partial charge in [0.05, 0.1) is 12.6 Å². The van der Waals surface area contributed by atoms with E-state index in [2.05, 4.69) is 0 Å². The van der Waals surface area contributed by atoms with Gasteiger partial charge in [0.15, 0.2) is 0 Å². The Morgan fingerprint density at radius 2 is 2.30 bits per heavy atom. The molecule has 1 heterocycles. The molecule has 1 amide bonds. The Morgan fingerprint density at radius 1 is 1.70 bits per heavy atom. The summed E-state index contributed by atoms with van der Waals surface area (Å²) in [6, 6.07) is -0.643. The largest absolute Gasteiger partial charge is 0.465 e. The summed E-state index contributed by atoms with van der Waals surface area (Å²) in [4.78, 5) is 11.2. The van der Waals surface area contributed by atoms with Gasteiger partial charge in [-0.3, -0.25) is 0 Å². The summed E-state index contributed by atoms with van der Waals surface area (Å²) < 4.78 is 12.5. The number of hydrogen-bond acceptors (Lipinski definition) is 2. The van der Waals surface area contributed by atoms with Crippen LogP contribution < -0.4 is 5.73 Å². The molecule has 0 aromatic carbocycles. The zero-order chi connectivity index (χ0) is 7.72. The van der Waals surface area contributed by atoms with Crippen LogP contribution in [0.15, 0.2) is 0 Å². The predicted molar refractivity (Wildman–Crippen MR) is 32.5 cm³/mol. The van der Waals surface area contributed by atoms with Crippen molar-refractivity contribution < 1.29 is 14.3 Å². The smallest absolute Gasteiger partial charge is 0.407 e. The minimum atomic E-state index is -1.20. The number of likely N-dealkylation sites (tertiary alicyclic amines) is 1. The molecule has 0 spiro atoms. The van der Waals surface area contributed by atoms with Crippen LogP contribution in [0.3, 0.4) is 0 Å². The van der Waals surface area contributed by atoms with Gasteiger partial charge in [0.1, 0.15) is 6.17 Å². The first-order chi connectivity index (χ1) is 4.61. The number of hydrogen-bond donors (Lipinski definition) is 2. The Labute approximate surface area is 57.4 Å². The lowest BCUT2D eigenvalue weighted by molar-refractivity contribution is 0.152. The lowest BCUT2D eigenvalue weighted by Crippen LogP contribution is -2.31. The van der Waals surface area contributed by atoms with Gasteiger partial charge in [0.25, 0.3) is 0 Å². The summed E-state index contributed by atoms with van der Waals surface area (Å²) >= 11 is 0. The molecular weight excluding hydrogens is 139 g/mol. The standard InChI is InChI=1S/C5H9FN2O2/c6-3-1-8(5(9)10)2-4(3)7/h3-4H,1-2,7H2,(H,9,10)/t3-,4+/m1/s1. The van der Waals surface area contributed by atoms with Crippen LogP contribution in [0.25, 0.3) is 0 Å². The summed E-state index contributed by atoms with van der Waals surface area (Å²) in [5.41, 5.74) is 5.23. The van der Waals surface area contributed by atoms with Gasteiger partial charge in [-0.25, -0.2) is 9.18 Å². The molecule has 0 saturated carbocycles. The highest BCUT2D eigenvalue weighted by atomic mass is 19.1. The lowest BCUT2D eigenvalue weighted by atomic mass is 10.3. The van der Waals surface area contributed by atoms with Crippen molar-refractivity contribution in [3.63, 3.8) is 0 Å². The summed E-state index contributed by atoms with van der Waals surface area (Å²) in [5, 5.41) is 8.35. The number of rotatable bonds is 0. The van der Waals surface area contributed by atoms with E-state index in [-0.39, 0.29) is 13.1 Å². The number of amides is 1. The second-order valence-corrected chi connectivity index (χ2v) is 2.37. The highest BCUT2D eigenvalue weighted by molar-refractivity contribution is 5.65. The van der Waals surface area contributed by atoms with E-state index in [0.29, 0.717) is 0 Å². The minimum absolute atomic E-state index is 0.0868. The number of nitrogens with zero attached hydrogens (tertiary/aromatic N) is 1. The van der Waals surface area contributed by atoms with E-state index in [4.69, 9.17) is 10.8 Å². The Morgan fingerprint density at radius 3 is 2.50 bits per heavy atom. The van der Waals surface area contributed by atoms with Gasteiger partial charge in [0.2, 0.25) is 0 Å². The third-order valence-corrected chi connectivity index (χ3v) is 1.56. The molecule has 0 bridgehead atoms. The van der Waals surface area contributed by atoms with Gasteiger partial charge in [0, 0.05) is 6.54 Å². The molecule has 1 aliphatic rings. The first-order valence-electron chi connectivity index (χ1n) is 2.99. The fraction of sp³-hybridized carbons (Fsp3) is 0.800. The third kappa shape index (κ3) is 1.18. The fourth-order valence-corrected chi connectivity index (χ4v) is 0.946.